The molecule has 3 heterocycles. The third kappa shape index (κ3) is 5.67. The second-order valence-corrected chi connectivity index (χ2v) is 6.66. The number of aliphatic imine (C=N–C) groups is 1. The highest BCUT2D eigenvalue weighted by Crippen LogP contribution is 2.12. The highest BCUT2D eigenvalue weighted by molar-refractivity contribution is 5.79. The van der Waals surface area contributed by atoms with E-state index in [1.807, 2.05) is 0 Å². The SMILES string of the molecule is CCc1nncn1CCNC(=NCC1CCOC1)NCC1CCCO1. The Morgan fingerprint density at radius 3 is 3.08 bits per heavy atom. The van der Waals surface area contributed by atoms with Gasteiger partial charge < -0.3 is 24.7 Å². The van der Waals surface area contributed by atoms with Crippen LogP contribution in [-0.4, -0.2) is 66.3 Å². The zero-order valence-electron chi connectivity index (χ0n) is 15.1. The first kappa shape index (κ1) is 18.1. The van der Waals surface area contributed by atoms with Gasteiger partial charge in [-0.2, -0.15) is 0 Å². The number of rotatable bonds is 8. The molecule has 0 amide bonds. The third-order valence-electron chi connectivity index (χ3n) is 4.71. The summed E-state index contributed by atoms with van der Waals surface area (Å²) in [7, 11) is 0. The van der Waals surface area contributed by atoms with Gasteiger partial charge in [0.1, 0.15) is 12.2 Å². The number of aromatic nitrogens is 3. The highest BCUT2D eigenvalue weighted by Gasteiger charge is 2.17. The lowest BCUT2D eigenvalue weighted by atomic mass is 10.1. The number of nitrogens with one attached hydrogen (secondary N) is 2. The summed E-state index contributed by atoms with van der Waals surface area (Å²) in [5.74, 6) is 2.40. The molecule has 2 aliphatic heterocycles. The van der Waals surface area contributed by atoms with Crippen LogP contribution in [0.1, 0.15) is 32.0 Å². The fraction of sp³-hybridized carbons (Fsp3) is 0.824. The average molecular weight is 350 g/mol. The van der Waals surface area contributed by atoms with Crippen molar-refractivity contribution >= 4 is 5.96 Å². The van der Waals surface area contributed by atoms with Crippen LogP contribution in [0.15, 0.2) is 11.3 Å². The van der Waals surface area contributed by atoms with E-state index in [4.69, 9.17) is 14.5 Å². The van der Waals surface area contributed by atoms with E-state index in [-0.39, 0.29) is 0 Å². The molecule has 2 unspecified atom stereocenters. The zero-order valence-corrected chi connectivity index (χ0v) is 15.1. The molecular formula is C17H30N6O2. The van der Waals surface area contributed by atoms with Crippen molar-refractivity contribution in [3.8, 4) is 0 Å². The van der Waals surface area contributed by atoms with E-state index in [9.17, 15) is 0 Å². The maximum Gasteiger partial charge on any atom is 0.191 e. The second kappa shape index (κ2) is 9.72. The largest absolute Gasteiger partial charge is 0.381 e. The van der Waals surface area contributed by atoms with E-state index in [0.29, 0.717) is 12.0 Å². The average Bonchev–Trinajstić information content (AvgIpc) is 3.39. The maximum atomic E-state index is 5.69. The molecule has 25 heavy (non-hydrogen) atoms. The van der Waals surface area contributed by atoms with Crippen molar-refractivity contribution in [3.63, 3.8) is 0 Å². The van der Waals surface area contributed by atoms with Crippen LogP contribution in [0.5, 0.6) is 0 Å². The first-order valence-corrected chi connectivity index (χ1v) is 9.43. The normalized spacial score (nSPS) is 24.0. The number of ether oxygens (including phenoxy) is 2. The number of guanidine groups is 1. The number of nitrogens with zero attached hydrogens (tertiary/aromatic N) is 4. The predicted octanol–water partition coefficient (Wildman–Crippen LogP) is 0.591. The smallest absolute Gasteiger partial charge is 0.191 e. The van der Waals surface area contributed by atoms with Gasteiger partial charge in [-0.3, -0.25) is 4.99 Å². The molecule has 140 valence electrons. The van der Waals surface area contributed by atoms with Gasteiger partial charge in [0.25, 0.3) is 0 Å². The molecule has 0 bridgehead atoms. The van der Waals surface area contributed by atoms with E-state index in [1.54, 1.807) is 6.33 Å². The number of hydrogen-bond acceptors (Lipinski definition) is 5. The minimum Gasteiger partial charge on any atom is -0.381 e. The molecule has 0 radical (unpaired) electrons. The highest BCUT2D eigenvalue weighted by atomic mass is 16.5. The molecule has 8 heteroatoms. The van der Waals surface area contributed by atoms with Crippen LogP contribution in [-0.2, 0) is 22.4 Å². The summed E-state index contributed by atoms with van der Waals surface area (Å²) in [6.45, 7) is 7.86. The minimum atomic E-state index is 0.298. The molecule has 2 atom stereocenters. The van der Waals surface area contributed by atoms with Crippen molar-refractivity contribution in [2.75, 3.05) is 39.5 Å². The Hall–Kier alpha value is -1.67. The van der Waals surface area contributed by atoms with Gasteiger partial charge in [-0.15, -0.1) is 10.2 Å². The van der Waals surface area contributed by atoms with E-state index in [0.717, 1.165) is 83.5 Å². The van der Waals surface area contributed by atoms with Crippen molar-refractivity contribution in [2.24, 2.45) is 10.9 Å². The lowest BCUT2D eigenvalue weighted by Gasteiger charge is -2.16. The zero-order chi connectivity index (χ0) is 17.3. The minimum absolute atomic E-state index is 0.298. The van der Waals surface area contributed by atoms with Gasteiger partial charge in [0.15, 0.2) is 5.96 Å². The van der Waals surface area contributed by atoms with E-state index < -0.39 is 0 Å². The lowest BCUT2D eigenvalue weighted by Crippen LogP contribution is -2.42. The molecule has 2 saturated heterocycles. The quantitative estimate of drug-likeness (QED) is 0.527. The fourth-order valence-corrected chi connectivity index (χ4v) is 3.17. The van der Waals surface area contributed by atoms with Gasteiger partial charge in [-0.05, 0) is 19.3 Å². The topological polar surface area (TPSA) is 85.6 Å². The van der Waals surface area contributed by atoms with E-state index in [2.05, 4.69) is 32.3 Å². The first-order chi connectivity index (χ1) is 12.3. The van der Waals surface area contributed by atoms with Crippen molar-refractivity contribution in [1.82, 2.24) is 25.4 Å². The molecule has 1 aromatic rings. The summed E-state index contributed by atoms with van der Waals surface area (Å²) in [6, 6.07) is 0. The summed E-state index contributed by atoms with van der Waals surface area (Å²) in [5.41, 5.74) is 0. The van der Waals surface area contributed by atoms with Crippen molar-refractivity contribution in [1.29, 1.82) is 0 Å². The van der Waals surface area contributed by atoms with Crippen LogP contribution in [0.2, 0.25) is 0 Å². The van der Waals surface area contributed by atoms with Crippen molar-refractivity contribution in [2.45, 2.75) is 45.3 Å². The van der Waals surface area contributed by atoms with E-state index >= 15 is 0 Å². The van der Waals surface area contributed by atoms with Crippen LogP contribution >= 0.6 is 0 Å². The molecule has 0 aromatic carbocycles. The van der Waals surface area contributed by atoms with Crippen LogP contribution < -0.4 is 10.6 Å². The van der Waals surface area contributed by atoms with Crippen molar-refractivity contribution < 1.29 is 9.47 Å². The fourth-order valence-electron chi connectivity index (χ4n) is 3.17. The Labute approximate surface area is 149 Å². The lowest BCUT2D eigenvalue weighted by molar-refractivity contribution is 0.113. The Morgan fingerprint density at radius 2 is 2.32 bits per heavy atom. The molecule has 2 N–H and O–H groups in total. The molecule has 2 fully saturated rings. The molecule has 0 spiro atoms. The Balaban J connectivity index is 1.48. The van der Waals surface area contributed by atoms with Crippen LogP contribution in [0.25, 0.3) is 0 Å². The summed E-state index contributed by atoms with van der Waals surface area (Å²) in [6.07, 6.45) is 6.35. The van der Waals surface area contributed by atoms with E-state index in [1.165, 1.54) is 0 Å². The third-order valence-corrected chi connectivity index (χ3v) is 4.71. The standard InChI is InChI=1S/C17H30N6O2/c1-2-16-22-21-13-23(16)7-6-18-17(19-10-14-5-9-24-12-14)20-11-15-4-3-8-25-15/h13-15H,2-12H2,1H3,(H2,18,19,20). The second-order valence-electron chi connectivity index (χ2n) is 6.66. The van der Waals surface area contributed by atoms with Crippen LogP contribution in [0, 0.1) is 5.92 Å². The first-order valence-electron chi connectivity index (χ1n) is 9.43. The monoisotopic (exact) mass is 350 g/mol. The molecule has 0 saturated carbocycles. The summed E-state index contributed by atoms with van der Waals surface area (Å²) in [4.78, 5) is 4.75. The molecule has 8 nitrogen and oxygen atoms in total. The predicted molar refractivity (Wildman–Crippen MR) is 95.6 cm³/mol. The maximum absolute atomic E-state index is 5.69. The van der Waals surface area contributed by atoms with Gasteiger partial charge in [0.05, 0.1) is 12.7 Å². The molecule has 0 aliphatic carbocycles. The van der Waals surface area contributed by atoms with Gasteiger partial charge in [0, 0.05) is 51.7 Å². The molecular weight excluding hydrogens is 320 g/mol. The summed E-state index contributed by atoms with van der Waals surface area (Å²) < 4.78 is 13.2. The number of hydrogen-bond donors (Lipinski definition) is 2. The van der Waals surface area contributed by atoms with Gasteiger partial charge in [-0.1, -0.05) is 6.92 Å². The summed E-state index contributed by atoms with van der Waals surface area (Å²) in [5, 5.41) is 14.9. The van der Waals surface area contributed by atoms with Gasteiger partial charge >= 0.3 is 0 Å². The number of aryl methyl sites for hydroxylation is 1. The summed E-state index contributed by atoms with van der Waals surface area (Å²) >= 11 is 0. The molecule has 1 aromatic heterocycles. The van der Waals surface area contributed by atoms with Crippen LogP contribution in [0.4, 0.5) is 0 Å². The van der Waals surface area contributed by atoms with Crippen molar-refractivity contribution in [3.05, 3.63) is 12.2 Å². The molecule has 3 rings (SSSR count). The van der Waals surface area contributed by atoms with Gasteiger partial charge in [0.2, 0.25) is 0 Å². The Bertz CT molecular complexity index is 535. The van der Waals surface area contributed by atoms with Gasteiger partial charge in [-0.25, -0.2) is 0 Å². The molecule has 2 aliphatic rings. The Morgan fingerprint density at radius 1 is 1.36 bits per heavy atom. The van der Waals surface area contributed by atoms with Crippen LogP contribution in [0.3, 0.4) is 0 Å². The Kier molecular flexibility index (Phi) is 7.05.